The molecule has 0 radical (unpaired) electrons. The first-order valence-corrected chi connectivity index (χ1v) is 5.93. The Morgan fingerprint density at radius 3 is 2.76 bits per heavy atom. The molecule has 1 heterocycles. The maximum atomic E-state index is 12.3. The molecule has 0 spiro atoms. The summed E-state index contributed by atoms with van der Waals surface area (Å²) in [7, 11) is 0. The Balaban J connectivity index is 2.32. The molecule has 0 saturated heterocycles. The Bertz CT molecular complexity index is 433. The number of alkyl halides is 3. The van der Waals surface area contributed by atoms with Crippen molar-refractivity contribution in [3.05, 3.63) is 27.7 Å². The molecule has 1 aromatic carbocycles. The fraction of sp³-hybridized carbons (Fsp3) is 0.455. The fourth-order valence-corrected chi connectivity index (χ4v) is 2.46. The minimum absolute atomic E-state index is 0.421. The number of fused-ring (bicyclic) bond motifs is 1. The molecule has 2 N–H and O–H groups in total. The van der Waals surface area contributed by atoms with Crippen molar-refractivity contribution in [3.63, 3.8) is 0 Å². The van der Waals surface area contributed by atoms with Gasteiger partial charge in [-0.1, -0.05) is 15.9 Å². The highest BCUT2D eigenvalue weighted by molar-refractivity contribution is 9.10. The molecule has 17 heavy (non-hydrogen) atoms. The molecule has 1 aliphatic rings. The van der Waals surface area contributed by atoms with Crippen LogP contribution in [-0.2, 0) is 6.42 Å². The van der Waals surface area contributed by atoms with E-state index in [1.54, 1.807) is 6.07 Å². The van der Waals surface area contributed by atoms with Crippen LogP contribution in [0.15, 0.2) is 16.6 Å². The zero-order valence-electron chi connectivity index (χ0n) is 8.85. The molecule has 1 atom stereocenters. The van der Waals surface area contributed by atoms with Crippen molar-refractivity contribution < 1.29 is 17.9 Å². The maximum absolute atomic E-state index is 12.3. The highest BCUT2D eigenvalue weighted by Crippen LogP contribution is 2.39. The Kier molecular flexibility index (Phi) is 3.36. The lowest BCUT2D eigenvalue weighted by Gasteiger charge is -2.17. The topological polar surface area (TPSA) is 35.2 Å². The van der Waals surface area contributed by atoms with Gasteiger partial charge in [-0.15, -0.1) is 0 Å². The van der Waals surface area contributed by atoms with Crippen molar-refractivity contribution in [2.45, 2.75) is 25.1 Å². The van der Waals surface area contributed by atoms with Crippen LogP contribution < -0.4 is 10.5 Å². The monoisotopic (exact) mass is 309 g/mol. The largest absolute Gasteiger partial charge is 0.493 e. The minimum atomic E-state index is -4.27. The van der Waals surface area contributed by atoms with Gasteiger partial charge in [0, 0.05) is 22.5 Å². The summed E-state index contributed by atoms with van der Waals surface area (Å²) in [6.45, 7) is 0.498. The van der Waals surface area contributed by atoms with Gasteiger partial charge in [-0.05, 0) is 17.7 Å². The van der Waals surface area contributed by atoms with Crippen molar-refractivity contribution >= 4 is 15.9 Å². The summed E-state index contributed by atoms with van der Waals surface area (Å²) in [5.41, 5.74) is 6.93. The van der Waals surface area contributed by atoms with E-state index < -0.39 is 18.6 Å². The standard InChI is InChI=1S/C11H11BrF3NO/c12-7-3-6-1-2-17-10(6)8(4-7)9(16)5-11(13,14)15/h3-4,9H,1-2,5,16H2. The molecule has 0 amide bonds. The van der Waals surface area contributed by atoms with E-state index in [1.807, 2.05) is 6.07 Å². The summed E-state index contributed by atoms with van der Waals surface area (Å²) >= 11 is 3.27. The van der Waals surface area contributed by atoms with Crippen LogP contribution in [-0.4, -0.2) is 12.8 Å². The molecule has 1 aliphatic heterocycles. The molecule has 1 aromatic rings. The average molecular weight is 310 g/mol. The normalized spacial score (nSPS) is 16.5. The van der Waals surface area contributed by atoms with Gasteiger partial charge in [0.15, 0.2) is 0 Å². The molecular weight excluding hydrogens is 299 g/mol. The van der Waals surface area contributed by atoms with Crippen LogP contribution in [0.2, 0.25) is 0 Å². The molecule has 94 valence electrons. The molecule has 2 rings (SSSR count). The number of ether oxygens (including phenoxy) is 1. The average Bonchev–Trinajstić information content (AvgIpc) is 2.60. The lowest BCUT2D eigenvalue weighted by atomic mass is 10.00. The highest BCUT2D eigenvalue weighted by Gasteiger charge is 2.33. The first kappa shape index (κ1) is 12.7. The van der Waals surface area contributed by atoms with Crippen LogP contribution in [0.5, 0.6) is 5.75 Å². The van der Waals surface area contributed by atoms with Crippen LogP contribution in [0, 0.1) is 0 Å². The minimum Gasteiger partial charge on any atom is -0.493 e. The SMILES string of the molecule is NC(CC(F)(F)F)c1cc(Br)cc2c1OCC2. The van der Waals surface area contributed by atoms with Crippen molar-refractivity contribution in [2.24, 2.45) is 5.73 Å². The number of nitrogens with two attached hydrogens (primary N) is 1. The second-order valence-electron chi connectivity index (χ2n) is 4.01. The first-order chi connectivity index (χ1) is 7.87. The number of halogens is 4. The molecule has 2 nitrogen and oxygen atoms in total. The predicted octanol–water partition coefficient (Wildman–Crippen LogP) is 3.34. The van der Waals surface area contributed by atoms with Crippen molar-refractivity contribution in [3.8, 4) is 5.75 Å². The van der Waals surface area contributed by atoms with Crippen molar-refractivity contribution in [2.75, 3.05) is 6.61 Å². The number of hydrogen-bond acceptors (Lipinski definition) is 2. The van der Waals surface area contributed by atoms with Crippen LogP contribution in [0.3, 0.4) is 0 Å². The zero-order valence-corrected chi connectivity index (χ0v) is 10.4. The van der Waals surface area contributed by atoms with Gasteiger partial charge >= 0.3 is 6.18 Å². The van der Waals surface area contributed by atoms with Gasteiger partial charge in [-0.2, -0.15) is 13.2 Å². The molecule has 0 saturated carbocycles. The van der Waals surface area contributed by atoms with E-state index in [0.717, 1.165) is 10.0 Å². The molecule has 0 fully saturated rings. The Morgan fingerprint density at radius 2 is 2.12 bits per heavy atom. The Morgan fingerprint density at radius 1 is 1.41 bits per heavy atom. The fourth-order valence-electron chi connectivity index (χ4n) is 1.93. The lowest BCUT2D eigenvalue weighted by Crippen LogP contribution is -2.20. The van der Waals surface area contributed by atoms with E-state index in [2.05, 4.69) is 15.9 Å². The van der Waals surface area contributed by atoms with Crippen molar-refractivity contribution in [1.82, 2.24) is 0 Å². The van der Waals surface area contributed by atoms with Crippen molar-refractivity contribution in [1.29, 1.82) is 0 Å². The summed E-state index contributed by atoms with van der Waals surface area (Å²) < 4.78 is 43.0. The van der Waals surface area contributed by atoms with Crippen LogP contribution in [0.25, 0.3) is 0 Å². The Labute approximate surface area is 105 Å². The van der Waals surface area contributed by atoms with Crippen LogP contribution in [0.1, 0.15) is 23.6 Å². The van der Waals surface area contributed by atoms with E-state index in [9.17, 15) is 13.2 Å². The van der Waals surface area contributed by atoms with E-state index in [1.165, 1.54) is 0 Å². The number of rotatable bonds is 2. The number of benzene rings is 1. The summed E-state index contributed by atoms with van der Waals surface area (Å²) in [6.07, 6.45) is -4.60. The molecular formula is C11H11BrF3NO. The quantitative estimate of drug-likeness (QED) is 0.909. The van der Waals surface area contributed by atoms with Crippen LogP contribution in [0.4, 0.5) is 13.2 Å². The predicted molar refractivity (Wildman–Crippen MR) is 60.9 cm³/mol. The van der Waals surface area contributed by atoms with Crippen LogP contribution >= 0.6 is 15.9 Å². The third kappa shape index (κ3) is 2.93. The zero-order chi connectivity index (χ0) is 12.6. The lowest BCUT2D eigenvalue weighted by molar-refractivity contribution is -0.138. The van der Waals surface area contributed by atoms with Gasteiger partial charge in [0.05, 0.1) is 13.0 Å². The maximum Gasteiger partial charge on any atom is 0.390 e. The van der Waals surface area contributed by atoms with E-state index in [-0.39, 0.29) is 0 Å². The summed E-state index contributed by atoms with van der Waals surface area (Å²) in [5, 5.41) is 0. The third-order valence-electron chi connectivity index (χ3n) is 2.63. The van der Waals surface area contributed by atoms with Gasteiger partial charge in [-0.3, -0.25) is 0 Å². The van der Waals surface area contributed by atoms with E-state index in [4.69, 9.17) is 10.5 Å². The molecule has 1 unspecified atom stereocenters. The van der Waals surface area contributed by atoms with Gasteiger partial charge in [0.2, 0.25) is 0 Å². The molecule has 0 aliphatic carbocycles. The molecule has 0 aromatic heterocycles. The van der Waals surface area contributed by atoms with Gasteiger partial charge in [-0.25, -0.2) is 0 Å². The summed E-state index contributed by atoms with van der Waals surface area (Å²) in [6, 6.07) is 2.37. The van der Waals surface area contributed by atoms with Gasteiger partial charge in [0.25, 0.3) is 0 Å². The third-order valence-corrected chi connectivity index (χ3v) is 3.09. The summed E-state index contributed by atoms with van der Waals surface area (Å²) in [4.78, 5) is 0. The second kappa shape index (κ2) is 4.49. The number of hydrogen-bond donors (Lipinski definition) is 1. The second-order valence-corrected chi connectivity index (χ2v) is 4.92. The summed E-state index contributed by atoms with van der Waals surface area (Å²) in [5.74, 6) is 0.518. The first-order valence-electron chi connectivity index (χ1n) is 5.14. The van der Waals surface area contributed by atoms with E-state index in [0.29, 0.717) is 24.3 Å². The van der Waals surface area contributed by atoms with Gasteiger partial charge in [0.1, 0.15) is 5.75 Å². The highest BCUT2D eigenvalue weighted by atomic mass is 79.9. The van der Waals surface area contributed by atoms with E-state index >= 15 is 0 Å². The molecule has 6 heteroatoms. The molecule has 0 bridgehead atoms. The van der Waals surface area contributed by atoms with Gasteiger partial charge < -0.3 is 10.5 Å². The Hall–Kier alpha value is -0.750. The smallest absolute Gasteiger partial charge is 0.390 e.